The van der Waals surface area contributed by atoms with Crippen molar-refractivity contribution in [2.45, 2.75) is 12.5 Å². The third kappa shape index (κ3) is 4.01. The molecule has 158 valence electrons. The van der Waals surface area contributed by atoms with E-state index < -0.39 is 29.9 Å². The highest BCUT2D eigenvalue weighted by Crippen LogP contribution is 2.35. The molecule has 0 aliphatic carbocycles. The number of benzene rings is 2. The van der Waals surface area contributed by atoms with Crippen LogP contribution in [-0.4, -0.2) is 43.5 Å². The average molecular weight is 452 g/mol. The van der Waals surface area contributed by atoms with Gasteiger partial charge in [-0.2, -0.15) is 0 Å². The van der Waals surface area contributed by atoms with Crippen LogP contribution in [0.4, 0.5) is 10.5 Å². The second kappa shape index (κ2) is 8.41. The number of carbonyl (C=O) groups is 3. The number of hydrogen-bond acceptors (Lipinski definition) is 5. The van der Waals surface area contributed by atoms with Crippen molar-refractivity contribution in [1.29, 1.82) is 0 Å². The van der Waals surface area contributed by atoms with Gasteiger partial charge in [-0.15, -0.1) is 0 Å². The van der Waals surface area contributed by atoms with Crippen LogP contribution in [0, 0.1) is 0 Å². The fourth-order valence-corrected chi connectivity index (χ4v) is 3.77. The maximum atomic E-state index is 13.0. The molecule has 1 heterocycles. The summed E-state index contributed by atoms with van der Waals surface area (Å²) in [6.45, 7) is 1.05. The molecule has 8 nitrogen and oxygen atoms in total. The highest BCUT2D eigenvalue weighted by molar-refractivity contribution is 6.35. The summed E-state index contributed by atoms with van der Waals surface area (Å²) in [5, 5.41) is 5.86. The Morgan fingerprint density at radius 3 is 2.43 bits per heavy atom. The van der Waals surface area contributed by atoms with Crippen LogP contribution in [0.2, 0.25) is 10.0 Å². The number of rotatable bonds is 6. The van der Waals surface area contributed by atoms with E-state index in [-0.39, 0.29) is 5.02 Å². The van der Waals surface area contributed by atoms with Crippen LogP contribution in [0.25, 0.3) is 0 Å². The van der Waals surface area contributed by atoms with Gasteiger partial charge in [-0.3, -0.25) is 14.5 Å². The molecule has 0 unspecified atom stereocenters. The Hall–Kier alpha value is -2.97. The van der Waals surface area contributed by atoms with Gasteiger partial charge in [0.1, 0.15) is 12.1 Å². The molecule has 2 N–H and O–H groups in total. The molecule has 1 aliphatic rings. The summed E-state index contributed by atoms with van der Waals surface area (Å²) in [6, 6.07) is 8.73. The molecule has 0 spiro atoms. The van der Waals surface area contributed by atoms with Crippen molar-refractivity contribution >= 4 is 46.7 Å². The van der Waals surface area contributed by atoms with Crippen LogP contribution in [0.15, 0.2) is 36.4 Å². The first-order chi connectivity index (χ1) is 14.2. The number of nitrogens with zero attached hydrogens (tertiary/aromatic N) is 1. The van der Waals surface area contributed by atoms with E-state index in [1.54, 1.807) is 30.3 Å². The van der Waals surface area contributed by atoms with Gasteiger partial charge in [-0.05, 0) is 31.2 Å². The molecule has 2 aromatic rings. The molecule has 1 saturated heterocycles. The quantitative estimate of drug-likeness (QED) is 0.655. The van der Waals surface area contributed by atoms with Crippen LogP contribution in [0.1, 0.15) is 12.5 Å². The van der Waals surface area contributed by atoms with Crippen molar-refractivity contribution in [2.75, 3.05) is 26.1 Å². The molecule has 0 radical (unpaired) electrons. The minimum Gasteiger partial charge on any atom is -0.493 e. The number of carbonyl (C=O) groups excluding carboxylic acids is 3. The highest BCUT2D eigenvalue weighted by Gasteiger charge is 2.50. The standard InChI is InChI=1S/C20H19Cl2N3O5/c1-20(13-6-4-11(21)8-14(13)22)18(27)25(19(28)24-20)10-17(26)23-12-5-7-15(29-2)16(9-12)30-3/h4-9H,10H2,1-3H3,(H,23,26)(H,24,28)/t20-/m0/s1. The highest BCUT2D eigenvalue weighted by atomic mass is 35.5. The van der Waals surface area contributed by atoms with Crippen molar-refractivity contribution < 1.29 is 23.9 Å². The second-order valence-electron chi connectivity index (χ2n) is 6.69. The third-order valence-corrected chi connectivity index (χ3v) is 5.26. The SMILES string of the molecule is COc1ccc(NC(=O)CN2C(=O)N[C@@](C)(c3ccc(Cl)cc3Cl)C2=O)cc1OC. The summed E-state index contributed by atoms with van der Waals surface area (Å²) in [7, 11) is 2.97. The molecule has 2 aromatic carbocycles. The van der Waals surface area contributed by atoms with Crippen molar-refractivity contribution in [2.24, 2.45) is 0 Å². The van der Waals surface area contributed by atoms with Crippen LogP contribution in [0.3, 0.4) is 0 Å². The van der Waals surface area contributed by atoms with Crippen LogP contribution < -0.4 is 20.1 Å². The number of nitrogens with one attached hydrogen (secondary N) is 2. The molecule has 4 amide bonds. The Bertz CT molecular complexity index is 1030. The Kier molecular flexibility index (Phi) is 6.09. The van der Waals surface area contributed by atoms with Crippen molar-refractivity contribution in [1.82, 2.24) is 10.2 Å². The Balaban J connectivity index is 1.76. The monoisotopic (exact) mass is 451 g/mol. The van der Waals surface area contributed by atoms with Crippen molar-refractivity contribution in [3.8, 4) is 11.5 Å². The molecular weight excluding hydrogens is 433 g/mol. The van der Waals surface area contributed by atoms with Gasteiger partial charge in [0.05, 0.1) is 14.2 Å². The molecule has 0 saturated carbocycles. The van der Waals surface area contributed by atoms with Gasteiger partial charge in [0, 0.05) is 27.4 Å². The third-order valence-electron chi connectivity index (χ3n) is 4.71. The topological polar surface area (TPSA) is 97.0 Å². The zero-order valence-corrected chi connectivity index (χ0v) is 17.9. The molecule has 10 heteroatoms. The summed E-state index contributed by atoms with van der Waals surface area (Å²) >= 11 is 12.1. The second-order valence-corrected chi connectivity index (χ2v) is 7.53. The summed E-state index contributed by atoms with van der Waals surface area (Å²) in [5.41, 5.74) is -0.606. The summed E-state index contributed by atoms with van der Waals surface area (Å²) in [5.74, 6) is -0.230. The number of amides is 4. The largest absolute Gasteiger partial charge is 0.493 e. The molecular formula is C20H19Cl2N3O5. The molecule has 1 atom stereocenters. The average Bonchev–Trinajstić information content (AvgIpc) is 2.91. The van der Waals surface area contributed by atoms with Gasteiger partial charge in [-0.25, -0.2) is 4.79 Å². The Morgan fingerprint density at radius 2 is 1.80 bits per heavy atom. The molecule has 1 aliphatic heterocycles. The van der Waals surface area contributed by atoms with E-state index in [4.69, 9.17) is 32.7 Å². The number of urea groups is 1. The van der Waals surface area contributed by atoms with Crippen molar-refractivity contribution in [3.63, 3.8) is 0 Å². The normalized spacial score (nSPS) is 18.2. The Labute approximate surface area is 183 Å². The smallest absolute Gasteiger partial charge is 0.325 e. The summed E-state index contributed by atoms with van der Waals surface area (Å²) in [6.07, 6.45) is 0. The fraction of sp³-hybridized carbons (Fsp3) is 0.250. The van der Waals surface area contributed by atoms with E-state index in [9.17, 15) is 14.4 Å². The number of ether oxygens (including phenoxy) is 2. The van der Waals surface area contributed by atoms with Gasteiger partial charge < -0.3 is 20.1 Å². The number of halogens is 2. The number of hydrogen-bond donors (Lipinski definition) is 2. The van der Waals surface area contributed by atoms with E-state index in [0.717, 1.165) is 4.90 Å². The van der Waals surface area contributed by atoms with E-state index >= 15 is 0 Å². The minimum atomic E-state index is -1.41. The van der Waals surface area contributed by atoms with Gasteiger partial charge in [0.25, 0.3) is 5.91 Å². The van der Waals surface area contributed by atoms with E-state index in [0.29, 0.717) is 27.8 Å². The molecule has 0 aromatic heterocycles. The first kappa shape index (κ1) is 21.7. The zero-order chi connectivity index (χ0) is 22.1. The lowest BCUT2D eigenvalue weighted by atomic mass is 9.92. The maximum absolute atomic E-state index is 13.0. The van der Waals surface area contributed by atoms with Crippen LogP contribution in [0.5, 0.6) is 11.5 Å². The predicted octanol–water partition coefficient (Wildman–Crippen LogP) is 3.42. The molecule has 3 rings (SSSR count). The van der Waals surface area contributed by atoms with Crippen molar-refractivity contribution in [3.05, 3.63) is 52.0 Å². The lowest BCUT2D eigenvalue weighted by Crippen LogP contribution is -2.42. The van der Waals surface area contributed by atoms with E-state index in [2.05, 4.69) is 10.6 Å². The lowest BCUT2D eigenvalue weighted by molar-refractivity contribution is -0.133. The lowest BCUT2D eigenvalue weighted by Gasteiger charge is -2.23. The molecule has 0 bridgehead atoms. The fourth-order valence-electron chi connectivity index (χ4n) is 3.18. The van der Waals surface area contributed by atoms with Crippen LogP contribution >= 0.6 is 23.2 Å². The van der Waals surface area contributed by atoms with Gasteiger partial charge in [0.15, 0.2) is 11.5 Å². The van der Waals surface area contributed by atoms with Crippen LogP contribution in [-0.2, 0) is 15.1 Å². The summed E-state index contributed by atoms with van der Waals surface area (Å²) < 4.78 is 10.3. The van der Waals surface area contributed by atoms with E-state index in [1.165, 1.54) is 27.2 Å². The number of anilines is 1. The zero-order valence-electron chi connectivity index (χ0n) is 16.4. The maximum Gasteiger partial charge on any atom is 0.325 e. The Morgan fingerprint density at radius 1 is 1.10 bits per heavy atom. The van der Waals surface area contributed by atoms with Gasteiger partial charge in [-0.1, -0.05) is 29.3 Å². The molecule has 30 heavy (non-hydrogen) atoms. The minimum absolute atomic E-state index is 0.232. The first-order valence-corrected chi connectivity index (χ1v) is 9.56. The number of methoxy groups -OCH3 is 2. The first-order valence-electron chi connectivity index (χ1n) is 8.81. The predicted molar refractivity (Wildman–Crippen MR) is 112 cm³/mol. The van der Waals surface area contributed by atoms with Gasteiger partial charge in [0.2, 0.25) is 5.91 Å². The summed E-state index contributed by atoms with van der Waals surface area (Å²) in [4.78, 5) is 38.7. The van der Waals surface area contributed by atoms with Gasteiger partial charge >= 0.3 is 6.03 Å². The van der Waals surface area contributed by atoms with E-state index in [1.807, 2.05) is 0 Å². The number of imide groups is 1. The molecule has 1 fully saturated rings.